The number of hydrogen-bond acceptors (Lipinski definition) is 9. The number of nitrogens with one attached hydrogen (secondary N) is 4. The number of carbonyl (C=O) groups is 4. The van der Waals surface area contributed by atoms with Crippen molar-refractivity contribution in [2.24, 2.45) is 5.73 Å². The van der Waals surface area contributed by atoms with E-state index in [-0.39, 0.29) is 12.2 Å². The number of carboxylic acid groups (broad SMARTS) is 1. The van der Waals surface area contributed by atoms with E-state index < -0.39 is 60.6 Å². The van der Waals surface area contributed by atoms with Gasteiger partial charge < -0.3 is 42.0 Å². The number of imidazole rings is 1. The van der Waals surface area contributed by atoms with Crippen LogP contribution in [0.25, 0.3) is 0 Å². The monoisotopic (exact) mass is 446 g/mol. The highest BCUT2D eigenvalue weighted by atomic mass is 32.1. The van der Waals surface area contributed by atoms with Crippen LogP contribution in [0.2, 0.25) is 0 Å². The molecule has 0 bridgehead atoms. The van der Waals surface area contributed by atoms with E-state index in [1.165, 1.54) is 19.4 Å². The fourth-order valence-corrected chi connectivity index (χ4v) is 2.48. The first-order valence-corrected chi connectivity index (χ1v) is 9.50. The zero-order valence-corrected chi connectivity index (χ0v) is 17.0. The Morgan fingerprint density at radius 2 is 1.70 bits per heavy atom. The van der Waals surface area contributed by atoms with E-state index >= 15 is 0 Å². The molecule has 0 radical (unpaired) electrons. The Morgan fingerprint density at radius 3 is 2.17 bits per heavy atom. The van der Waals surface area contributed by atoms with Gasteiger partial charge in [0.15, 0.2) is 0 Å². The first kappa shape index (κ1) is 25.4. The highest BCUT2D eigenvalue weighted by molar-refractivity contribution is 7.80. The standard InChI is InChI=1S/C16H26N6O7S/c1-7(24)12(17)15(27)21-10(4-23)14(26)20-9(2-8-3-18-6-19-8)13(25)22-11(5-30)16(28)29/h3,6-7,9-12,23-24,30H,2,4-5,17H2,1H3,(H,18,19)(H,20,26)(H,21,27)(H,22,25)(H,28,29). The molecule has 5 unspecified atom stereocenters. The van der Waals surface area contributed by atoms with Gasteiger partial charge in [0.05, 0.1) is 19.0 Å². The molecule has 1 aromatic rings. The fourth-order valence-electron chi connectivity index (χ4n) is 2.24. The van der Waals surface area contributed by atoms with Crippen LogP contribution in [0.3, 0.4) is 0 Å². The third-order valence-corrected chi connectivity index (χ3v) is 4.41. The van der Waals surface area contributed by atoms with Crippen molar-refractivity contribution < 1.29 is 34.5 Å². The molecule has 0 fully saturated rings. The van der Waals surface area contributed by atoms with Gasteiger partial charge in [0.25, 0.3) is 0 Å². The third-order valence-electron chi connectivity index (χ3n) is 4.05. The minimum Gasteiger partial charge on any atom is -0.480 e. The highest BCUT2D eigenvalue weighted by Crippen LogP contribution is 2.02. The van der Waals surface area contributed by atoms with Crippen LogP contribution in [-0.2, 0) is 25.6 Å². The predicted molar refractivity (Wildman–Crippen MR) is 106 cm³/mol. The van der Waals surface area contributed by atoms with E-state index in [9.17, 15) is 29.4 Å². The van der Waals surface area contributed by atoms with Gasteiger partial charge in [-0.2, -0.15) is 12.6 Å². The summed E-state index contributed by atoms with van der Waals surface area (Å²) in [7, 11) is 0. The lowest BCUT2D eigenvalue weighted by Gasteiger charge is -2.24. The zero-order chi connectivity index (χ0) is 22.8. The minimum absolute atomic E-state index is 0.0736. The van der Waals surface area contributed by atoms with Gasteiger partial charge in [-0.3, -0.25) is 14.4 Å². The van der Waals surface area contributed by atoms with Crippen LogP contribution in [0.15, 0.2) is 12.5 Å². The van der Waals surface area contributed by atoms with Crippen LogP contribution < -0.4 is 21.7 Å². The van der Waals surface area contributed by atoms with Gasteiger partial charge in [0.2, 0.25) is 17.7 Å². The number of hydrogen-bond donors (Lipinski definition) is 9. The van der Waals surface area contributed by atoms with Crippen LogP contribution in [0.1, 0.15) is 12.6 Å². The molecule has 0 aliphatic heterocycles. The van der Waals surface area contributed by atoms with E-state index in [0.29, 0.717) is 5.69 Å². The average molecular weight is 446 g/mol. The summed E-state index contributed by atoms with van der Waals surface area (Å²) in [6.07, 6.45) is 1.50. The largest absolute Gasteiger partial charge is 0.480 e. The number of aliphatic hydroxyl groups excluding tert-OH is 2. The van der Waals surface area contributed by atoms with Gasteiger partial charge in [0.1, 0.15) is 24.2 Å². The molecule has 0 saturated heterocycles. The van der Waals surface area contributed by atoms with Crippen LogP contribution in [0.5, 0.6) is 0 Å². The second-order valence-corrected chi connectivity index (χ2v) is 6.80. The van der Waals surface area contributed by atoms with Crippen molar-refractivity contribution in [1.82, 2.24) is 25.9 Å². The molecule has 0 saturated carbocycles. The molecular weight excluding hydrogens is 420 g/mol. The number of rotatable bonds is 12. The van der Waals surface area contributed by atoms with Gasteiger partial charge in [0, 0.05) is 24.1 Å². The Labute approximate surface area is 177 Å². The van der Waals surface area contributed by atoms with Crippen molar-refractivity contribution >= 4 is 36.3 Å². The summed E-state index contributed by atoms with van der Waals surface area (Å²) in [6, 6.07) is -5.34. The van der Waals surface area contributed by atoms with Gasteiger partial charge >= 0.3 is 5.97 Å². The molecular formula is C16H26N6O7S. The number of nitrogens with zero attached hydrogens (tertiary/aromatic N) is 1. The number of thiol groups is 1. The number of nitrogens with two attached hydrogens (primary N) is 1. The summed E-state index contributed by atoms with van der Waals surface area (Å²) in [5.41, 5.74) is 5.95. The summed E-state index contributed by atoms with van der Waals surface area (Å²) in [6.45, 7) is 0.472. The summed E-state index contributed by atoms with van der Waals surface area (Å²) in [5.74, 6) is -4.10. The molecule has 1 rings (SSSR count). The lowest BCUT2D eigenvalue weighted by Crippen LogP contribution is -2.59. The van der Waals surface area contributed by atoms with Crippen molar-refractivity contribution in [3.8, 4) is 0 Å². The maximum atomic E-state index is 12.5. The Kier molecular flexibility index (Phi) is 10.2. The molecule has 13 nitrogen and oxygen atoms in total. The van der Waals surface area contributed by atoms with Gasteiger partial charge in [-0.05, 0) is 6.92 Å². The molecule has 30 heavy (non-hydrogen) atoms. The Morgan fingerprint density at radius 1 is 1.13 bits per heavy atom. The number of aromatic amines is 1. The van der Waals surface area contributed by atoms with Crippen LogP contribution in [0.4, 0.5) is 0 Å². The molecule has 0 aliphatic carbocycles. The summed E-state index contributed by atoms with van der Waals surface area (Å²) >= 11 is 3.87. The molecule has 0 aromatic carbocycles. The molecule has 0 spiro atoms. The normalized spacial score (nSPS) is 15.9. The topological polar surface area (TPSA) is 220 Å². The highest BCUT2D eigenvalue weighted by Gasteiger charge is 2.30. The van der Waals surface area contributed by atoms with Crippen molar-refractivity contribution in [2.75, 3.05) is 12.4 Å². The van der Waals surface area contributed by atoms with Crippen molar-refractivity contribution in [1.29, 1.82) is 0 Å². The van der Waals surface area contributed by atoms with Gasteiger partial charge in [-0.1, -0.05) is 0 Å². The lowest BCUT2D eigenvalue weighted by molar-refractivity contribution is -0.141. The third kappa shape index (κ3) is 7.62. The maximum Gasteiger partial charge on any atom is 0.327 e. The van der Waals surface area contributed by atoms with Crippen molar-refractivity contribution in [3.63, 3.8) is 0 Å². The molecule has 5 atom stereocenters. The number of aliphatic carboxylic acids is 1. The van der Waals surface area contributed by atoms with Crippen LogP contribution in [-0.4, -0.2) is 91.6 Å². The van der Waals surface area contributed by atoms with Gasteiger partial charge in [-0.25, -0.2) is 9.78 Å². The van der Waals surface area contributed by atoms with E-state index in [0.717, 1.165) is 0 Å². The first-order valence-electron chi connectivity index (χ1n) is 8.87. The molecule has 168 valence electrons. The molecule has 14 heteroatoms. The summed E-state index contributed by atoms with van der Waals surface area (Å²) in [4.78, 5) is 54.7. The van der Waals surface area contributed by atoms with Gasteiger partial charge in [-0.15, -0.1) is 0 Å². The Balaban J connectivity index is 2.92. The molecule has 0 aliphatic rings. The van der Waals surface area contributed by atoms with E-state index in [4.69, 9.17) is 10.8 Å². The zero-order valence-electron chi connectivity index (χ0n) is 16.1. The van der Waals surface area contributed by atoms with Crippen LogP contribution in [0, 0.1) is 0 Å². The van der Waals surface area contributed by atoms with E-state index in [1.807, 2.05) is 0 Å². The second-order valence-electron chi connectivity index (χ2n) is 6.43. The maximum absolute atomic E-state index is 12.5. The van der Waals surface area contributed by atoms with Crippen molar-refractivity contribution in [3.05, 3.63) is 18.2 Å². The molecule has 1 heterocycles. The minimum atomic E-state index is -1.46. The SMILES string of the molecule is CC(O)C(N)C(=O)NC(CO)C(=O)NC(Cc1cnc[nH]1)C(=O)NC(CS)C(=O)O. The fraction of sp³-hybridized carbons (Fsp3) is 0.562. The number of aliphatic hydroxyl groups is 2. The Hall–Kier alpha value is -2.68. The molecule has 1 aromatic heterocycles. The van der Waals surface area contributed by atoms with E-state index in [1.54, 1.807) is 0 Å². The summed E-state index contributed by atoms with van der Waals surface area (Å²) in [5, 5.41) is 34.7. The predicted octanol–water partition coefficient (Wildman–Crippen LogP) is -3.88. The summed E-state index contributed by atoms with van der Waals surface area (Å²) < 4.78 is 0. The Bertz CT molecular complexity index is 730. The quantitative estimate of drug-likeness (QED) is 0.143. The van der Waals surface area contributed by atoms with Crippen molar-refractivity contribution in [2.45, 2.75) is 43.6 Å². The number of aromatic nitrogens is 2. The smallest absolute Gasteiger partial charge is 0.327 e. The number of carboxylic acids is 1. The van der Waals surface area contributed by atoms with E-state index in [2.05, 4.69) is 38.5 Å². The lowest BCUT2D eigenvalue weighted by atomic mass is 10.1. The molecule has 3 amide bonds. The second kappa shape index (κ2) is 12.1. The average Bonchev–Trinajstić information content (AvgIpc) is 3.21. The first-order chi connectivity index (χ1) is 14.1. The number of carbonyl (C=O) groups excluding carboxylic acids is 3. The van der Waals surface area contributed by atoms with Crippen LogP contribution >= 0.6 is 12.6 Å². The number of amides is 3. The number of H-pyrrole nitrogens is 1. The molecule has 9 N–H and O–H groups in total.